The van der Waals surface area contributed by atoms with E-state index in [1.54, 1.807) is 30.3 Å². The van der Waals surface area contributed by atoms with E-state index < -0.39 is 5.91 Å². The summed E-state index contributed by atoms with van der Waals surface area (Å²) in [4.78, 5) is 24.2. The summed E-state index contributed by atoms with van der Waals surface area (Å²) < 4.78 is 21.4. The molecule has 0 fully saturated rings. The van der Waals surface area contributed by atoms with Crippen LogP contribution in [0.2, 0.25) is 0 Å². The molecule has 2 aromatic carbocycles. The predicted octanol–water partition coefficient (Wildman–Crippen LogP) is 2.59. The number of carbonyl (C=O) groups excluding carboxylic acids is 2. The number of nitrogens with one attached hydrogen (secondary N) is 2. The molecule has 0 bridgehead atoms. The lowest BCUT2D eigenvalue weighted by Crippen LogP contribution is -2.41. The Morgan fingerprint density at radius 3 is 2.29 bits per heavy atom. The minimum absolute atomic E-state index is 0.144. The number of hydrogen-bond donors (Lipinski definition) is 2. The molecule has 0 aliphatic heterocycles. The van der Waals surface area contributed by atoms with E-state index in [2.05, 4.69) is 10.9 Å². The molecule has 9 heteroatoms. The van der Waals surface area contributed by atoms with Gasteiger partial charge in [-0.15, -0.1) is 0 Å². The lowest BCUT2D eigenvalue weighted by atomic mass is 10.2. The van der Waals surface area contributed by atoms with Gasteiger partial charge < -0.3 is 18.9 Å². The molecule has 2 N–H and O–H groups in total. The number of nitrogens with zero attached hydrogens (tertiary/aromatic N) is 1. The van der Waals surface area contributed by atoms with Gasteiger partial charge in [0.2, 0.25) is 5.91 Å². The van der Waals surface area contributed by atoms with Gasteiger partial charge in [0.1, 0.15) is 0 Å². The number of ether oxygens (including phenoxy) is 4. The lowest BCUT2D eigenvalue weighted by molar-refractivity contribution is -0.122. The van der Waals surface area contributed by atoms with Crippen LogP contribution in [0.25, 0.3) is 0 Å². The minimum atomic E-state index is -0.478. The Labute approximate surface area is 180 Å². The van der Waals surface area contributed by atoms with Gasteiger partial charge in [0.05, 0.1) is 39.1 Å². The van der Waals surface area contributed by atoms with Crippen LogP contribution in [0.15, 0.2) is 36.4 Å². The summed E-state index contributed by atoms with van der Waals surface area (Å²) in [5.74, 6) is 1.05. The molecule has 0 radical (unpaired) electrons. The third-order valence-corrected chi connectivity index (χ3v) is 4.14. The van der Waals surface area contributed by atoms with Gasteiger partial charge in [0, 0.05) is 18.1 Å². The molecule has 0 saturated heterocycles. The standard InChI is InChI=1S/C22H25N3O6/c1-4-30-17-10-8-16(13-20(17)29-3)22(27)25-24-21(26)6-5-11-31-18-9-7-15(14-23)12-19(18)28-2/h7-10,12-13H,4-6,11H2,1-3H3,(H,24,26)(H,25,27). The first-order valence-corrected chi connectivity index (χ1v) is 9.63. The van der Waals surface area contributed by atoms with Gasteiger partial charge in [-0.1, -0.05) is 0 Å². The first-order chi connectivity index (χ1) is 15.0. The lowest BCUT2D eigenvalue weighted by Gasteiger charge is -2.12. The third kappa shape index (κ3) is 6.82. The number of carbonyl (C=O) groups is 2. The van der Waals surface area contributed by atoms with Crippen LogP contribution in [-0.4, -0.2) is 39.2 Å². The van der Waals surface area contributed by atoms with Crippen molar-refractivity contribution in [2.24, 2.45) is 0 Å². The molecular formula is C22H25N3O6. The van der Waals surface area contributed by atoms with Gasteiger partial charge in [-0.05, 0) is 43.7 Å². The van der Waals surface area contributed by atoms with Crippen molar-refractivity contribution in [3.8, 4) is 29.1 Å². The summed E-state index contributed by atoms with van der Waals surface area (Å²) in [5, 5.41) is 8.91. The third-order valence-electron chi connectivity index (χ3n) is 4.14. The van der Waals surface area contributed by atoms with Crippen molar-refractivity contribution in [1.29, 1.82) is 5.26 Å². The summed E-state index contributed by atoms with van der Waals surface area (Å²) in [7, 11) is 2.97. The van der Waals surface area contributed by atoms with Crippen molar-refractivity contribution in [2.75, 3.05) is 27.4 Å². The smallest absolute Gasteiger partial charge is 0.269 e. The van der Waals surface area contributed by atoms with Crippen molar-refractivity contribution in [1.82, 2.24) is 10.9 Å². The quantitative estimate of drug-likeness (QED) is 0.442. The molecule has 0 saturated carbocycles. The van der Waals surface area contributed by atoms with Crippen LogP contribution in [0.3, 0.4) is 0 Å². The van der Waals surface area contributed by atoms with E-state index in [0.29, 0.717) is 47.2 Å². The molecule has 0 aromatic heterocycles. The predicted molar refractivity (Wildman–Crippen MR) is 112 cm³/mol. The highest BCUT2D eigenvalue weighted by Crippen LogP contribution is 2.28. The van der Waals surface area contributed by atoms with Crippen molar-refractivity contribution in [3.05, 3.63) is 47.5 Å². The van der Waals surface area contributed by atoms with Gasteiger partial charge in [0.15, 0.2) is 23.0 Å². The van der Waals surface area contributed by atoms with Crippen molar-refractivity contribution in [2.45, 2.75) is 19.8 Å². The van der Waals surface area contributed by atoms with Crippen LogP contribution >= 0.6 is 0 Å². The van der Waals surface area contributed by atoms with Crippen LogP contribution in [0.4, 0.5) is 0 Å². The van der Waals surface area contributed by atoms with Gasteiger partial charge in [-0.2, -0.15) is 5.26 Å². The largest absolute Gasteiger partial charge is 0.493 e. The summed E-state index contributed by atoms with van der Waals surface area (Å²) in [6.07, 6.45) is 0.563. The van der Waals surface area contributed by atoms with Crippen molar-refractivity contribution >= 4 is 11.8 Å². The minimum Gasteiger partial charge on any atom is -0.493 e. The molecule has 0 aliphatic carbocycles. The maximum atomic E-state index is 12.2. The molecule has 31 heavy (non-hydrogen) atoms. The number of hydrazine groups is 1. The van der Waals surface area contributed by atoms with E-state index in [0.717, 1.165) is 0 Å². The number of nitriles is 1. The average molecular weight is 427 g/mol. The Kier molecular flexibility index (Phi) is 8.98. The Hall–Kier alpha value is -3.93. The Bertz CT molecular complexity index is 955. The van der Waals surface area contributed by atoms with E-state index in [4.69, 9.17) is 24.2 Å². The van der Waals surface area contributed by atoms with E-state index in [-0.39, 0.29) is 18.9 Å². The molecular weight excluding hydrogens is 402 g/mol. The van der Waals surface area contributed by atoms with Crippen LogP contribution < -0.4 is 29.8 Å². The molecule has 2 rings (SSSR count). The van der Waals surface area contributed by atoms with Gasteiger partial charge in [-0.25, -0.2) is 0 Å². The molecule has 2 amide bonds. The normalized spacial score (nSPS) is 9.87. The second kappa shape index (κ2) is 11.9. The van der Waals surface area contributed by atoms with Crippen LogP contribution in [0.5, 0.6) is 23.0 Å². The second-order valence-electron chi connectivity index (χ2n) is 6.23. The van der Waals surface area contributed by atoms with Gasteiger partial charge in [-0.3, -0.25) is 20.4 Å². The van der Waals surface area contributed by atoms with E-state index in [1.807, 2.05) is 13.0 Å². The molecule has 2 aromatic rings. The summed E-state index contributed by atoms with van der Waals surface area (Å²) in [6, 6.07) is 11.6. The van der Waals surface area contributed by atoms with Crippen LogP contribution in [-0.2, 0) is 4.79 Å². The second-order valence-corrected chi connectivity index (χ2v) is 6.23. The fraction of sp³-hybridized carbons (Fsp3) is 0.318. The van der Waals surface area contributed by atoms with E-state index in [9.17, 15) is 9.59 Å². The number of benzene rings is 2. The molecule has 9 nitrogen and oxygen atoms in total. The molecule has 0 unspecified atom stereocenters. The Balaban J connectivity index is 1.77. The molecule has 164 valence electrons. The fourth-order valence-corrected chi connectivity index (χ4v) is 2.62. The van der Waals surface area contributed by atoms with Crippen LogP contribution in [0, 0.1) is 11.3 Å². The first kappa shape index (κ1) is 23.3. The number of hydrogen-bond acceptors (Lipinski definition) is 7. The molecule has 0 atom stereocenters. The first-order valence-electron chi connectivity index (χ1n) is 9.63. The zero-order valence-corrected chi connectivity index (χ0v) is 17.7. The van der Waals surface area contributed by atoms with Crippen LogP contribution in [0.1, 0.15) is 35.7 Å². The fourth-order valence-electron chi connectivity index (χ4n) is 2.62. The summed E-state index contributed by atoms with van der Waals surface area (Å²) in [5.41, 5.74) is 5.51. The average Bonchev–Trinajstić information content (AvgIpc) is 2.80. The SMILES string of the molecule is CCOc1ccc(C(=O)NNC(=O)CCCOc2ccc(C#N)cc2OC)cc1OC. The van der Waals surface area contributed by atoms with E-state index in [1.165, 1.54) is 20.3 Å². The highest BCUT2D eigenvalue weighted by molar-refractivity contribution is 5.96. The summed E-state index contributed by atoms with van der Waals surface area (Å²) >= 11 is 0. The summed E-state index contributed by atoms with van der Waals surface area (Å²) in [6.45, 7) is 2.58. The number of rotatable bonds is 10. The van der Waals surface area contributed by atoms with Gasteiger partial charge >= 0.3 is 0 Å². The van der Waals surface area contributed by atoms with Crippen molar-refractivity contribution in [3.63, 3.8) is 0 Å². The number of amides is 2. The van der Waals surface area contributed by atoms with Crippen molar-refractivity contribution < 1.29 is 28.5 Å². The zero-order chi connectivity index (χ0) is 22.6. The Morgan fingerprint density at radius 2 is 1.61 bits per heavy atom. The van der Waals surface area contributed by atoms with Gasteiger partial charge in [0.25, 0.3) is 5.91 Å². The number of methoxy groups -OCH3 is 2. The highest BCUT2D eigenvalue weighted by Gasteiger charge is 2.12. The maximum absolute atomic E-state index is 12.2. The van der Waals surface area contributed by atoms with E-state index >= 15 is 0 Å². The Morgan fingerprint density at radius 1 is 0.935 bits per heavy atom. The highest BCUT2D eigenvalue weighted by atomic mass is 16.5. The topological polar surface area (TPSA) is 119 Å². The monoisotopic (exact) mass is 427 g/mol. The molecule has 0 aliphatic rings. The maximum Gasteiger partial charge on any atom is 0.269 e. The zero-order valence-electron chi connectivity index (χ0n) is 17.7. The molecule has 0 heterocycles. The molecule has 0 spiro atoms.